The highest BCUT2D eigenvalue weighted by Gasteiger charge is 2.41. The third-order valence-corrected chi connectivity index (χ3v) is 4.24. The van der Waals surface area contributed by atoms with Crippen LogP contribution < -0.4 is 5.32 Å². The van der Waals surface area contributed by atoms with Crippen LogP contribution >= 0.6 is 0 Å². The largest absolute Gasteiger partial charge is 0.306 e. The molecule has 1 aliphatic rings. The van der Waals surface area contributed by atoms with E-state index in [-0.39, 0.29) is 41.1 Å². The monoisotopic (exact) mass is 291 g/mol. The SMILES string of the molecule is CC(=O)C1NCC(/C(C)=C/C=C[C@@H](C)C(C)=O)C1C(C)=O. The molecule has 0 bridgehead atoms. The molecule has 0 aliphatic carbocycles. The molecule has 4 nitrogen and oxygen atoms in total. The maximum absolute atomic E-state index is 11.9. The Morgan fingerprint density at radius 1 is 1.10 bits per heavy atom. The van der Waals surface area contributed by atoms with E-state index in [1.165, 1.54) is 6.92 Å². The van der Waals surface area contributed by atoms with Crippen LogP contribution in [0.5, 0.6) is 0 Å². The summed E-state index contributed by atoms with van der Waals surface area (Å²) in [5, 5.41) is 3.15. The third-order valence-electron chi connectivity index (χ3n) is 4.24. The van der Waals surface area contributed by atoms with E-state index in [0.29, 0.717) is 6.54 Å². The van der Waals surface area contributed by atoms with E-state index >= 15 is 0 Å². The predicted molar refractivity (Wildman–Crippen MR) is 82.9 cm³/mol. The van der Waals surface area contributed by atoms with Gasteiger partial charge in [0.15, 0.2) is 0 Å². The van der Waals surface area contributed by atoms with Crippen LogP contribution in [0.2, 0.25) is 0 Å². The number of ketones is 3. The number of rotatable bonds is 6. The van der Waals surface area contributed by atoms with Crippen molar-refractivity contribution in [2.75, 3.05) is 6.54 Å². The van der Waals surface area contributed by atoms with Crippen LogP contribution in [-0.4, -0.2) is 29.9 Å². The van der Waals surface area contributed by atoms with E-state index in [0.717, 1.165) is 5.57 Å². The van der Waals surface area contributed by atoms with Crippen LogP contribution in [0, 0.1) is 17.8 Å². The van der Waals surface area contributed by atoms with Crippen molar-refractivity contribution < 1.29 is 14.4 Å². The van der Waals surface area contributed by atoms with Crippen molar-refractivity contribution in [2.24, 2.45) is 17.8 Å². The molecular formula is C17H25NO3. The van der Waals surface area contributed by atoms with Gasteiger partial charge in [0.2, 0.25) is 0 Å². The van der Waals surface area contributed by atoms with E-state index in [9.17, 15) is 14.4 Å². The van der Waals surface area contributed by atoms with E-state index in [2.05, 4.69) is 5.32 Å². The Labute approximate surface area is 126 Å². The molecule has 0 amide bonds. The molecule has 0 aromatic rings. The normalized spacial score (nSPS) is 27.9. The average Bonchev–Trinajstić information content (AvgIpc) is 2.83. The Morgan fingerprint density at radius 3 is 2.19 bits per heavy atom. The lowest BCUT2D eigenvalue weighted by atomic mass is 9.82. The molecule has 1 fully saturated rings. The first kappa shape index (κ1) is 17.5. The summed E-state index contributed by atoms with van der Waals surface area (Å²) in [6, 6.07) is -0.379. The van der Waals surface area contributed by atoms with Crippen molar-refractivity contribution in [1.29, 1.82) is 0 Å². The van der Waals surface area contributed by atoms with Gasteiger partial charge in [-0.25, -0.2) is 0 Å². The van der Waals surface area contributed by atoms with Gasteiger partial charge in [0.05, 0.1) is 6.04 Å². The lowest BCUT2D eigenvalue weighted by Gasteiger charge is -2.20. The Morgan fingerprint density at radius 2 is 1.71 bits per heavy atom. The molecule has 1 aliphatic heterocycles. The van der Waals surface area contributed by atoms with Crippen molar-refractivity contribution in [3.05, 3.63) is 23.8 Å². The molecule has 1 rings (SSSR count). The molecule has 0 spiro atoms. The summed E-state index contributed by atoms with van der Waals surface area (Å²) < 4.78 is 0. The highest BCUT2D eigenvalue weighted by Crippen LogP contribution is 2.30. The summed E-state index contributed by atoms with van der Waals surface area (Å²) in [6.07, 6.45) is 5.64. The van der Waals surface area contributed by atoms with Gasteiger partial charge in [-0.3, -0.25) is 14.4 Å². The topological polar surface area (TPSA) is 63.2 Å². The van der Waals surface area contributed by atoms with Crippen molar-refractivity contribution in [1.82, 2.24) is 5.32 Å². The van der Waals surface area contributed by atoms with Crippen LogP contribution in [0.4, 0.5) is 0 Å². The van der Waals surface area contributed by atoms with Crippen LogP contribution in [0.1, 0.15) is 34.6 Å². The zero-order chi connectivity index (χ0) is 16.2. The summed E-state index contributed by atoms with van der Waals surface area (Å²) in [6.45, 7) is 9.07. The molecule has 21 heavy (non-hydrogen) atoms. The van der Waals surface area contributed by atoms with Crippen molar-refractivity contribution in [2.45, 2.75) is 40.7 Å². The summed E-state index contributed by atoms with van der Waals surface area (Å²) in [5.74, 6) is -0.196. The Bertz CT molecular complexity index is 490. The van der Waals surface area contributed by atoms with Gasteiger partial charge >= 0.3 is 0 Å². The summed E-state index contributed by atoms with van der Waals surface area (Å²) >= 11 is 0. The number of carbonyl (C=O) groups is 3. The number of allylic oxidation sites excluding steroid dienone is 3. The molecule has 4 atom stereocenters. The molecule has 3 unspecified atom stereocenters. The lowest BCUT2D eigenvalue weighted by Crippen LogP contribution is -2.37. The first-order valence-corrected chi connectivity index (χ1v) is 7.35. The molecule has 0 aromatic carbocycles. The summed E-state index contributed by atoms with van der Waals surface area (Å²) in [4.78, 5) is 34.7. The number of nitrogens with one attached hydrogen (secondary N) is 1. The second-order valence-electron chi connectivity index (χ2n) is 5.93. The van der Waals surface area contributed by atoms with Gasteiger partial charge in [-0.05, 0) is 27.7 Å². The predicted octanol–water partition coefficient (Wildman–Crippen LogP) is 2.10. The van der Waals surface area contributed by atoms with Crippen LogP contribution in [0.25, 0.3) is 0 Å². The van der Waals surface area contributed by atoms with Crippen molar-refractivity contribution in [3.8, 4) is 0 Å². The Balaban J connectivity index is 2.86. The van der Waals surface area contributed by atoms with E-state index in [1.807, 2.05) is 32.1 Å². The summed E-state index contributed by atoms with van der Waals surface area (Å²) in [7, 11) is 0. The maximum atomic E-state index is 11.9. The zero-order valence-corrected chi connectivity index (χ0v) is 13.5. The second kappa shape index (κ2) is 7.46. The van der Waals surface area contributed by atoms with Gasteiger partial charge in [-0.15, -0.1) is 0 Å². The van der Waals surface area contributed by atoms with E-state index < -0.39 is 0 Å². The molecule has 0 aromatic heterocycles. The van der Waals surface area contributed by atoms with Crippen molar-refractivity contribution >= 4 is 17.3 Å². The molecule has 116 valence electrons. The standard InChI is InChI=1S/C17H25NO3/c1-10(12(3)19)7-6-8-11(2)15-9-18-17(14(5)21)16(15)13(4)20/h6-8,10,15-18H,9H2,1-5H3/b7-6?,11-8+/t10-,15?,16?,17?/m1/s1. The quantitative estimate of drug-likeness (QED) is 0.761. The summed E-state index contributed by atoms with van der Waals surface area (Å²) in [5.41, 5.74) is 1.05. The molecule has 1 N–H and O–H groups in total. The van der Waals surface area contributed by atoms with Gasteiger partial charge < -0.3 is 5.32 Å². The molecule has 1 heterocycles. The molecule has 1 saturated heterocycles. The fourth-order valence-electron chi connectivity index (χ4n) is 2.73. The maximum Gasteiger partial charge on any atom is 0.147 e. The number of carbonyl (C=O) groups excluding carboxylic acids is 3. The first-order valence-electron chi connectivity index (χ1n) is 7.35. The minimum absolute atomic E-state index is 0.00578. The highest BCUT2D eigenvalue weighted by molar-refractivity contribution is 5.91. The Kier molecular flexibility index (Phi) is 6.21. The number of hydrogen-bond acceptors (Lipinski definition) is 4. The van der Waals surface area contributed by atoms with Crippen LogP contribution in [-0.2, 0) is 14.4 Å². The minimum Gasteiger partial charge on any atom is -0.306 e. The van der Waals surface area contributed by atoms with Gasteiger partial charge in [0, 0.05) is 24.3 Å². The number of hydrogen-bond donors (Lipinski definition) is 1. The molecule has 4 heteroatoms. The number of Topliss-reactive ketones (excluding diaryl/α,β-unsaturated/α-hetero) is 3. The van der Waals surface area contributed by atoms with Gasteiger partial charge in [0.25, 0.3) is 0 Å². The third kappa shape index (κ3) is 4.46. The fraction of sp³-hybridized carbons (Fsp3) is 0.588. The molecule has 0 saturated carbocycles. The van der Waals surface area contributed by atoms with Gasteiger partial charge in [-0.2, -0.15) is 0 Å². The highest BCUT2D eigenvalue weighted by atomic mass is 16.1. The van der Waals surface area contributed by atoms with E-state index in [4.69, 9.17) is 0 Å². The van der Waals surface area contributed by atoms with Crippen LogP contribution in [0.3, 0.4) is 0 Å². The first-order chi connectivity index (χ1) is 9.75. The zero-order valence-electron chi connectivity index (χ0n) is 13.5. The smallest absolute Gasteiger partial charge is 0.147 e. The van der Waals surface area contributed by atoms with Crippen molar-refractivity contribution in [3.63, 3.8) is 0 Å². The van der Waals surface area contributed by atoms with Gasteiger partial charge in [-0.1, -0.05) is 30.7 Å². The van der Waals surface area contributed by atoms with Gasteiger partial charge in [0.1, 0.15) is 17.3 Å². The average molecular weight is 291 g/mol. The second-order valence-corrected chi connectivity index (χ2v) is 5.93. The molecule has 0 radical (unpaired) electrons. The molecular weight excluding hydrogens is 266 g/mol. The minimum atomic E-state index is -0.379. The Hall–Kier alpha value is -1.55. The van der Waals surface area contributed by atoms with Crippen LogP contribution in [0.15, 0.2) is 23.8 Å². The van der Waals surface area contributed by atoms with E-state index in [1.54, 1.807) is 13.8 Å². The lowest BCUT2D eigenvalue weighted by molar-refractivity contribution is -0.127. The fourth-order valence-corrected chi connectivity index (χ4v) is 2.73.